The number of nitrogens with zero attached hydrogens (tertiary/aromatic N) is 3. The molecule has 0 spiro atoms. The van der Waals surface area contributed by atoms with Gasteiger partial charge in [0, 0.05) is 46.7 Å². The summed E-state index contributed by atoms with van der Waals surface area (Å²) in [5.74, 6) is 0.619. The Morgan fingerprint density at radius 2 is 1.27 bits per heavy atom. The van der Waals surface area contributed by atoms with Crippen LogP contribution in [-0.4, -0.2) is 19.6 Å². The van der Waals surface area contributed by atoms with Crippen molar-refractivity contribution < 1.29 is 34.4 Å². The fourth-order valence-electron chi connectivity index (χ4n) is 7.69. The molecule has 0 radical (unpaired) electrons. The zero-order valence-electron chi connectivity index (χ0n) is 40.7. The summed E-state index contributed by atoms with van der Waals surface area (Å²) in [5.41, 5.74) is 13.2. The third-order valence-corrected chi connectivity index (χ3v) is 10.9. The summed E-state index contributed by atoms with van der Waals surface area (Å²) in [6.45, 7) is 12.3. The Morgan fingerprint density at radius 1 is 0.610 bits per heavy atom. The standard InChI is InChI=1S/C54H52N3O.Pt/c1-33-14-17-37(18-15-33)39-24-25-55-47(32-39)41-29-40(30-43(31-41)54(8,9)10)44-12-11-13-49-50(44)56-52(46-28-35(3)26-36(4)51(46)58)57(49)48-23-16-34(2)27-45(48)38-19-21-42(22-20-38)53(5,6)7;/h11-28,30-32,58H,1-10H3;/q-1;/i1D3,2D3;. The molecule has 0 aliphatic heterocycles. The predicted octanol–water partition coefficient (Wildman–Crippen LogP) is 14.1. The predicted molar refractivity (Wildman–Crippen MR) is 243 cm³/mol. The Balaban J connectivity index is 0.00000630. The molecule has 0 saturated heterocycles. The van der Waals surface area contributed by atoms with E-state index in [1.54, 1.807) is 30.5 Å². The van der Waals surface area contributed by atoms with Crippen molar-refractivity contribution in [2.24, 2.45) is 0 Å². The summed E-state index contributed by atoms with van der Waals surface area (Å²) in [6.07, 6.45) is 1.76. The minimum atomic E-state index is -2.35. The Bertz CT molecular complexity index is 3060. The number of aryl methyl sites for hydroxylation is 4. The largest absolute Gasteiger partial charge is 0.507 e. The SMILES string of the molecule is [2H]C([2H])([2H])c1ccc(-c2ccnc(-c3[c-]c(-c4cccc5c4nc(-c4cc(C)cc(C)c4O)n5-c4ccc(C([2H])([2H])[2H])cc4-c4ccc(C(C)(C)C)cc4)cc(C(C)(C)C)c3)c2)cc1.[Pt]. The molecule has 8 rings (SSSR count). The van der Waals surface area contributed by atoms with Gasteiger partial charge in [-0.2, -0.15) is 0 Å². The van der Waals surface area contributed by atoms with E-state index in [1.165, 1.54) is 0 Å². The summed E-state index contributed by atoms with van der Waals surface area (Å²) in [7, 11) is 0. The molecule has 0 aliphatic carbocycles. The number of phenols is 1. The van der Waals surface area contributed by atoms with E-state index in [0.29, 0.717) is 39.4 Å². The van der Waals surface area contributed by atoms with Gasteiger partial charge in [-0.25, -0.2) is 4.98 Å². The van der Waals surface area contributed by atoms with Crippen LogP contribution in [0.15, 0.2) is 128 Å². The van der Waals surface area contributed by atoms with Crippen LogP contribution in [0.5, 0.6) is 5.75 Å². The quantitative estimate of drug-likeness (QED) is 0.169. The van der Waals surface area contributed by atoms with Crippen LogP contribution in [0.1, 0.15) is 83.1 Å². The number of aromatic nitrogens is 3. The molecule has 2 heterocycles. The molecule has 0 fully saturated rings. The molecule has 0 unspecified atom stereocenters. The molecule has 4 nitrogen and oxygen atoms in total. The van der Waals surface area contributed by atoms with Gasteiger partial charge in [-0.05, 0) is 102 Å². The third kappa shape index (κ3) is 8.21. The number of fused-ring (bicyclic) bond motifs is 1. The van der Waals surface area contributed by atoms with E-state index in [2.05, 4.69) is 71.9 Å². The van der Waals surface area contributed by atoms with Crippen molar-refractivity contribution in [1.82, 2.24) is 14.5 Å². The van der Waals surface area contributed by atoms with Crippen LogP contribution in [0, 0.1) is 33.6 Å². The number of aromatic hydroxyl groups is 1. The first-order valence-electron chi connectivity index (χ1n) is 22.7. The number of rotatable bonds is 6. The van der Waals surface area contributed by atoms with Crippen molar-refractivity contribution in [2.45, 2.75) is 79.9 Å². The molecule has 5 heteroatoms. The number of pyridine rings is 1. The zero-order valence-corrected chi connectivity index (χ0v) is 37.0. The van der Waals surface area contributed by atoms with Gasteiger partial charge >= 0.3 is 0 Å². The molecule has 0 aliphatic rings. The maximum Gasteiger partial charge on any atom is 0.148 e. The normalized spacial score (nSPS) is 13.8. The van der Waals surface area contributed by atoms with E-state index < -0.39 is 13.7 Å². The fraction of sp³-hybridized carbons (Fsp3) is 0.222. The Hall–Kier alpha value is -5.57. The van der Waals surface area contributed by atoms with Gasteiger partial charge in [0.25, 0.3) is 0 Å². The molecule has 59 heavy (non-hydrogen) atoms. The van der Waals surface area contributed by atoms with Crippen LogP contribution in [0.3, 0.4) is 0 Å². The van der Waals surface area contributed by atoms with Crippen LogP contribution in [0.4, 0.5) is 0 Å². The Labute approximate surface area is 372 Å². The number of benzene rings is 6. The molecule has 0 amide bonds. The summed E-state index contributed by atoms with van der Waals surface area (Å²) in [6, 6.07) is 42.3. The maximum atomic E-state index is 11.8. The van der Waals surface area contributed by atoms with Crippen LogP contribution in [0.2, 0.25) is 0 Å². The molecule has 300 valence electrons. The van der Waals surface area contributed by atoms with Crippen LogP contribution in [-0.2, 0) is 31.9 Å². The Kier molecular flexibility index (Phi) is 9.24. The summed E-state index contributed by atoms with van der Waals surface area (Å²) in [4.78, 5) is 10.2. The average Bonchev–Trinajstić information content (AvgIpc) is 3.63. The monoisotopic (exact) mass is 959 g/mol. The number of hydrogen-bond acceptors (Lipinski definition) is 3. The molecule has 0 bridgehead atoms. The van der Waals surface area contributed by atoms with E-state index in [9.17, 15) is 5.11 Å². The fourth-order valence-corrected chi connectivity index (χ4v) is 7.69. The molecule has 1 N–H and O–H groups in total. The van der Waals surface area contributed by atoms with Crippen molar-refractivity contribution in [3.05, 3.63) is 167 Å². The first kappa shape index (κ1) is 34.3. The van der Waals surface area contributed by atoms with Crippen LogP contribution in [0.25, 0.3) is 72.7 Å². The second kappa shape index (κ2) is 15.9. The minimum absolute atomic E-state index is 0. The number of hydrogen-bond donors (Lipinski definition) is 1. The van der Waals surface area contributed by atoms with Gasteiger partial charge < -0.3 is 5.11 Å². The number of para-hydroxylation sites is 1. The van der Waals surface area contributed by atoms with Crippen molar-refractivity contribution in [1.29, 1.82) is 0 Å². The molecular weight excluding hydrogens is 902 g/mol. The van der Waals surface area contributed by atoms with Crippen LogP contribution < -0.4 is 0 Å². The average molecular weight is 960 g/mol. The van der Waals surface area contributed by atoms with Crippen molar-refractivity contribution in [3.8, 4) is 67.5 Å². The molecule has 6 aromatic carbocycles. The second-order valence-electron chi connectivity index (χ2n) is 17.4. The van der Waals surface area contributed by atoms with Crippen molar-refractivity contribution >= 4 is 11.0 Å². The zero-order chi connectivity index (χ0) is 46.1. The van der Waals surface area contributed by atoms with Gasteiger partial charge in [0.1, 0.15) is 11.6 Å². The Morgan fingerprint density at radius 3 is 1.97 bits per heavy atom. The van der Waals surface area contributed by atoms with Gasteiger partial charge in [0.2, 0.25) is 0 Å². The summed E-state index contributed by atoms with van der Waals surface area (Å²) < 4.78 is 50.6. The van der Waals surface area contributed by atoms with E-state index in [1.807, 2.05) is 91.2 Å². The van der Waals surface area contributed by atoms with E-state index in [0.717, 1.165) is 55.6 Å². The first-order chi connectivity index (χ1) is 30.0. The molecular formula is C54H52N3OPt-. The minimum Gasteiger partial charge on any atom is -0.507 e. The van der Waals surface area contributed by atoms with Gasteiger partial charge in [0.05, 0.1) is 22.3 Å². The van der Waals surface area contributed by atoms with Gasteiger partial charge in [0.15, 0.2) is 0 Å². The molecule has 0 atom stereocenters. The first-order valence-corrected chi connectivity index (χ1v) is 19.7. The number of imidazole rings is 1. The van der Waals surface area contributed by atoms with Crippen molar-refractivity contribution in [2.75, 3.05) is 0 Å². The smallest absolute Gasteiger partial charge is 0.148 e. The molecule has 0 saturated carbocycles. The third-order valence-electron chi connectivity index (χ3n) is 10.9. The van der Waals surface area contributed by atoms with E-state index in [4.69, 9.17) is 18.2 Å². The van der Waals surface area contributed by atoms with E-state index in [-0.39, 0.29) is 48.8 Å². The molecule has 8 aromatic rings. The van der Waals surface area contributed by atoms with Gasteiger partial charge in [-0.1, -0.05) is 143 Å². The summed E-state index contributed by atoms with van der Waals surface area (Å²) in [5, 5.41) is 11.8. The summed E-state index contributed by atoms with van der Waals surface area (Å²) >= 11 is 0. The second-order valence-corrected chi connectivity index (χ2v) is 17.4. The van der Waals surface area contributed by atoms with Gasteiger partial charge in [-0.3, -0.25) is 9.55 Å². The maximum absolute atomic E-state index is 11.8. The van der Waals surface area contributed by atoms with Crippen LogP contribution >= 0.6 is 0 Å². The number of phenolic OH excluding ortho intramolecular Hbond substituents is 1. The van der Waals surface area contributed by atoms with Gasteiger partial charge in [-0.15, -0.1) is 29.3 Å². The van der Waals surface area contributed by atoms with E-state index >= 15 is 0 Å². The topological polar surface area (TPSA) is 50.9 Å². The van der Waals surface area contributed by atoms with Crippen molar-refractivity contribution in [3.63, 3.8) is 0 Å². The molecule has 2 aromatic heterocycles.